The van der Waals surface area contributed by atoms with Gasteiger partial charge < -0.3 is 20.4 Å². The fourth-order valence-electron chi connectivity index (χ4n) is 3.29. The zero-order valence-electron chi connectivity index (χ0n) is 15.3. The van der Waals surface area contributed by atoms with Crippen molar-refractivity contribution in [2.75, 3.05) is 6.54 Å². The maximum Gasteiger partial charge on any atom is 0.243 e. The molecule has 0 bridgehead atoms. The van der Waals surface area contributed by atoms with Crippen LogP contribution in [0.4, 0.5) is 0 Å². The molecule has 0 saturated carbocycles. The van der Waals surface area contributed by atoms with Gasteiger partial charge in [-0.25, -0.2) is 0 Å². The van der Waals surface area contributed by atoms with Crippen LogP contribution in [0, 0.1) is 0 Å². The number of rotatable bonds is 6. The van der Waals surface area contributed by atoms with Gasteiger partial charge in [0, 0.05) is 24.5 Å². The summed E-state index contributed by atoms with van der Waals surface area (Å²) >= 11 is 5.86. The third-order valence-electron chi connectivity index (χ3n) is 4.84. The third-order valence-corrected chi connectivity index (χ3v) is 5.09. The summed E-state index contributed by atoms with van der Waals surface area (Å²) in [6.45, 7) is 0.419. The number of hydrogen-bond acceptors (Lipinski definition) is 4. The van der Waals surface area contributed by atoms with E-state index in [9.17, 15) is 14.7 Å². The quantitative estimate of drug-likeness (QED) is 0.685. The van der Waals surface area contributed by atoms with E-state index in [-0.39, 0.29) is 37.8 Å². The van der Waals surface area contributed by atoms with Gasteiger partial charge in [-0.2, -0.15) is 0 Å². The van der Waals surface area contributed by atoms with Crippen LogP contribution in [0.3, 0.4) is 0 Å². The van der Waals surface area contributed by atoms with Gasteiger partial charge in [0.2, 0.25) is 11.8 Å². The van der Waals surface area contributed by atoms with Crippen molar-refractivity contribution in [3.05, 3.63) is 70.2 Å². The molecule has 0 spiro atoms. The molecule has 0 aliphatic carbocycles. The lowest BCUT2D eigenvalue weighted by Gasteiger charge is -2.24. The number of carbonyl (C=O) groups excluding carboxylic acids is 2. The van der Waals surface area contributed by atoms with Gasteiger partial charge in [0.15, 0.2) is 0 Å². The zero-order valence-corrected chi connectivity index (χ0v) is 16.1. The Labute approximate surface area is 168 Å². The summed E-state index contributed by atoms with van der Waals surface area (Å²) in [6, 6.07) is 13.6. The average Bonchev–Trinajstić information content (AvgIpc) is 3.10. The number of benzene rings is 2. The fourth-order valence-corrected chi connectivity index (χ4v) is 3.41. The Morgan fingerprint density at radius 2 is 1.64 bits per heavy atom. The minimum Gasteiger partial charge on any atom is -0.392 e. The van der Waals surface area contributed by atoms with Crippen LogP contribution in [0.2, 0.25) is 5.02 Å². The van der Waals surface area contributed by atoms with E-state index in [1.165, 1.54) is 4.90 Å². The van der Waals surface area contributed by atoms with Crippen LogP contribution in [-0.4, -0.2) is 45.6 Å². The van der Waals surface area contributed by atoms with Crippen molar-refractivity contribution in [1.29, 1.82) is 0 Å². The number of aliphatic hydroxyl groups excluding tert-OH is 2. The molecule has 3 rings (SSSR count). The molecule has 28 heavy (non-hydrogen) atoms. The first kappa shape index (κ1) is 20.3. The largest absolute Gasteiger partial charge is 0.392 e. The van der Waals surface area contributed by atoms with E-state index in [1.54, 1.807) is 36.4 Å². The molecule has 1 fully saturated rings. The highest BCUT2D eigenvalue weighted by atomic mass is 35.5. The zero-order chi connectivity index (χ0) is 20.1. The first-order valence-corrected chi connectivity index (χ1v) is 9.52. The predicted octanol–water partition coefficient (Wildman–Crippen LogP) is 1.65. The number of nitrogens with zero attached hydrogens (tertiary/aromatic N) is 1. The molecule has 2 aromatic rings. The normalized spacial score (nSPS) is 18.9. The molecule has 2 amide bonds. The summed E-state index contributed by atoms with van der Waals surface area (Å²) in [5.74, 6) is -0.490. The number of amides is 2. The van der Waals surface area contributed by atoms with Crippen molar-refractivity contribution in [1.82, 2.24) is 10.2 Å². The molecule has 7 heteroatoms. The molecule has 6 nitrogen and oxygen atoms in total. The van der Waals surface area contributed by atoms with E-state index in [4.69, 9.17) is 16.7 Å². The highest BCUT2D eigenvalue weighted by Crippen LogP contribution is 2.20. The number of β-amino-alcohol motifs (C(OH)–C–C–N with tert-alkyl or cyclic N) is 1. The summed E-state index contributed by atoms with van der Waals surface area (Å²) < 4.78 is 0. The Morgan fingerprint density at radius 1 is 1.04 bits per heavy atom. The molecule has 2 aromatic carbocycles. The van der Waals surface area contributed by atoms with Gasteiger partial charge in [0.1, 0.15) is 6.04 Å². The lowest BCUT2D eigenvalue weighted by molar-refractivity contribution is -0.138. The van der Waals surface area contributed by atoms with E-state index in [0.29, 0.717) is 11.6 Å². The summed E-state index contributed by atoms with van der Waals surface area (Å²) in [5, 5.41) is 22.6. The second kappa shape index (κ2) is 9.19. The number of nitrogens with one attached hydrogen (secondary N) is 1. The van der Waals surface area contributed by atoms with Crippen LogP contribution >= 0.6 is 11.6 Å². The van der Waals surface area contributed by atoms with Gasteiger partial charge >= 0.3 is 0 Å². The van der Waals surface area contributed by atoms with Crippen molar-refractivity contribution >= 4 is 23.4 Å². The van der Waals surface area contributed by atoms with E-state index < -0.39 is 12.1 Å². The standard InChI is InChI=1S/C21H23ClN2O4/c22-17-7-5-15(6-8-17)11-23-21(28)19-10-18(26)12-24(19)20(27)9-14-1-3-16(13-25)4-2-14/h1-8,18-19,25-26H,9-13H2,(H,23,28)/t18-,19+/m1/s1. The van der Waals surface area contributed by atoms with Crippen molar-refractivity contribution in [3.63, 3.8) is 0 Å². The minimum atomic E-state index is -0.716. The van der Waals surface area contributed by atoms with Crippen LogP contribution in [0.1, 0.15) is 23.1 Å². The highest BCUT2D eigenvalue weighted by Gasteiger charge is 2.38. The second-order valence-electron chi connectivity index (χ2n) is 6.95. The molecular weight excluding hydrogens is 380 g/mol. The van der Waals surface area contributed by atoms with Gasteiger partial charge in [-0.1, -0.05) is 48.0 Å². The first-order chi connectivity index (χ1) is 13.5. The molecule has 1 heterocycles. The van der Waals surface area contributed by atoms with E-state index >= 15 is 0 Å². The molecular formula is C21H23ClN2O4. The SMILES string of the molecule is O=C(NCc1ccc(Cl)cc1)[C@@H]1C[C@@H](O)CN1C(=O)Cc1ccc(CO)cc1. The molecule has 148 valence electrons. The van der Waals surface area contributed by atoms with Gasteiger partial charge in [-0.15, -0.1) is 0 Å². The number of aliphatic hydroxyl groups is 2. The van der Waals surface area contributed by atoms with Crippen molar-refractivity contribution < 1.29 is 19.8 Å². The van der Waals surface area contributed by atoms with E-state index in [2.05, 4.69) is 5.32 Å². The summed E-state index contributed by atoms with van der Waals surface area (Å²) in [5.41, 5.74) is 2.47. The third kappa shape index (κ3) is 5.10. The molecule has 3 N–H and O–H groups in total. The summed E-state index contributed by atoms with van der Waals surface area (Å²) in [6.07, 6.45) is -0.354. The van der Waals surface area contributed by atoms with Gasteiger partial charge in [0.05, 0.1) is 19.1 Å². The average molecular weight is 403 g/mol. The number of carbonyl (C=O) groups is 2. The molecule has 0 unspecified atom stereocenters. The molecule has 1 saturated heterocycles. The lowest BCUT2D eigenvalue weighted by atomic mass is 10.1. The highest BCUT2D eigenvalue weighted by molar-refractivity contribution is 6.30. The topological polar surface area (TPSA) is 89.9 Å². The van der Waals surface area contributed by atoms with Crippen LogP contribution in [0.25, 0.3) is 0 Å². The first-order valence-electron chi connectivity index (χ1n) is 9.14. The van der Waals surface area contributed by atoms with Crippen molar-refractivity contribution in [2.24, 2.45) is 0 Å². The number of halogens is 1. The van der Waals surface area contributed by atoms with E-state index in [0.717, 1.165) is 16.7 Å². The number of hydrogen-bond donors (Lipinski definition) is 3. The Hall–Kier alpha value is -2.41. The van der Waals surface area contributed by atoms with Crippen molar-refractivity contribution in [2.45, 2.75) is 38.1 Å². The van der Waals surface area contributed by atoms with Crippen LogP contribution in [0.5, 0.6) is 0 Å². The van der Waals surface area contributed by atoms with E-state index in [1.807, 2.05) is 12.1 Å². The molecule has 1 aliphatic rings. The Morgan fingerprint density at radius 3 is 2.29 bits per heavy atom. The van der Waals surface area contributed by atoms with Gasteiger partial charge in [-0.05, 0) is 28.8 Å². The second-order valence-corrected chi connectivity index (χ2v) is 7.38. The van der Waals surface area contributed by atoms with Crippen molar-refractivity contribution in [3.8, 4) is 0 Å². The maximum absolute atomic E-state index is 12.7. The fraction of sp³-hybridized carbons (Fsp3) is 0.333. The monoisotopic (exact) mass is 402 g/mol. The van der Waals surface area contributed by atoms with Crippen LogP contribution < -0.4 is 5.32 Å². The predicted molar refractivity (Wildman–Crippen MR) is 105 cm³/mol. The Kier molecular flexibility index (Phi) is 6.67. The van der Waals surface area contributed by atoms with Gasteiger partial charge in [-0.3, -0.25) is 9.59 Å². The maximum atomic E-state index is 12.7. The Balaban J connectivity index is 1.61. The van der Waals surface area contributed by atoms with Gasteiger partial charge in [0.25, 0.3) is 0 Å². The Bertz CT molecular complexity index is 823. The smallest absolute Gasteiger partial charge is 0.243 e. The number of likely N-dealkylation sites (tertiary alicyclic amines) is 1. The molecule has 0 radical (unpaired) electrons. The summed E-state index contributed by atoms with van der Waals surface area (Å²) in [7, 11) is 0. The molecule has 1 aliphatic heterocycles. The van der Waals surface area contributed by atoms with Crippen LogP contribution in [0.15, 0.2) is 48.5 Å². The lowest BCUT2D eigenvalue weighted by Crippen LogP contribution is -2.46. The minimum absolute atomic E-state index is 0.0532. The molecule has 0 aromatic heterocycles. The summed E-state index contributed by atoms with van der Waals surface area (Å²) in [4.78, 5) is 26.8. The molecule has 2 atom stereocenters. The van der Waals surface area contributed by atoms with Crippen LogP contribution in [-0.2, 0) is 29.2 Å².